The van der Waals surface area contributed by atoms with Gasteiger partial charge in [0.1, 0.15) is 11.6 Å². The summed E-state index contributed by atoms with van der Waals surface area (Å²) in [5.41, 5.74) is 3.06. The van der Waals surface area contributed by atoms with Gasteiger partial charge < -0.3 is 14.6 Å². The number of fused-ring (bicyclic) bond motifs is 1. The van der Waals surface area contributed by atoms with Crippen LogP contribution in [-0.4, -0.2) is 16.2 Å². The lowest BCUT2D eigenvalue weighted by Gasteiger charge is -2.15. The van der Waals surface area contributed by atoms with Crippen molar-refractivity contribution < 1.29 is 13.5 Å². The van der Waals surface area contributed by atoms with Crippen molar-refractivity contribution in [2.45, 2.75) is 26.1 Å². The number of benzene rings is 2. The zero-order valence-electron chi connectivity index (χ0n) is 13.5. The van der Waals surface area contributed by atoms with Gasteiger partial charge in [0, 0.05) is 13.1 Å². The molecule has 126 valence electrons. The number of ether oxygens (including phenoxy) is 1. The molecule has 0 fully saturated rings. The zero-order valence-corrected chi connectivity index (χ0v) is 13.5. The van der Waals surface area contributed by atoms with Gasteiger partial charge in [-0.1, -0.05) is 24.3 Å². The van der Waals surface area contributed by atoms with E-state index in [4.69, 9.17) is 0 Å². The Kier molecular flexibility index (Phi) is 4.76. The molecule has 3 aromatic rings. The summed E-state index contributed by atoms with van der Waals surface area (Å²) in [5, 5.41) is 3.40. The number of hydrogen-bond donors (Lipinski definition) is 1. The number of nitrogens with one attached hydrogen (secondary N) is 1. The van der Waals surface area contributed by atoms with Crippen LogP contribution in [0.25, 0.3) is 11.0 Å². The number of rotatable bonds is 6. The van der Waals surface area contributed by atoms with E-state index in [0.29, 0.717) is 6.54 Å². The van der Waals surface area contributed by atoms with Crippen molar-refractivity contribution in [3.05, 3.63) is 59.9 Å². The van der Waals surface area contributed by atoms with E-state index < -0.39 is 6.61 Å². The van der Waals surface area contributed by atoms with Crippen LogP contribution in [0.1, 0.15) is 24.4 Å². The molecule has 3 rings (SSSR count). The second kappa shape index (κ2) is 6.97. The van der Waals surface area contributed by atoms with E-state index >= 15 is 0 Å². The Labute approximate surface area is 139 Å². The van der Waals surface area contributed by atoms with Crippen molar-refractivity contribution in [1.82, 2.24) is 14.9 Å². The molecule has 1 aromatic heterocycles. The Bertz CT molecular complexity index is 815. The summed E-state index contributed by atoms with van der Waals surface area (Å²) in [4.78, 5) is 4.62. The van der Waals surface area contributed by atoms with Crippen LogP contribution in [0.3, 0.4) is 0 Å². The van der Waals surface area contributed by atoms with Crippen molar-refractivity contribution in [2.24, 2.45) is 7.05 Å². The molecule has 6 heteroatoms. The van der Waals surface area contributed by atoms with Gasteiger partial charge in [-0.2, -0.15) is 8.78 Å². The van der Waals surface area contributed by atoms with Gasteiger partial charge in [-0.05, 0) is 36.8 Å². The van der Waals surface area contributed by atoms with E-state index in [1.54, 1.807) is 24.3 Å². The summed E-state index contributed by atoms with van der Waals surface area (Å²) in [5.74, 6) is 1.11. The molecule has 0 radical (unpaired) electrons. The van der Waals surface area contributed by atoms with Crippen LogP contribution >= 0.6 is 0 Å². The average Bonchev–Trinajstić information content (AvgIpc) is 2.89. The summed E-state index contributed by atoms with van der Waals surface area (Å²) in [6.45, 7) is -0.170. The minimum absolute atomic E-state index is 0.0606. The van der Waals surface area contributed by atoms with Crippen LogP contribution < -0.4 is 10.1 Å². The number of nitrogens with zero attached hydrogens (tertiary/aromatic N) is 2. The molecule has 0 amide bonds. The maximum Gasteiger partial charge on any atom is 0.387 e. The van der Waals surface area contributed by atoms with Crippen molar-refractivity contribution in [3.63, 3.8) is 0 Å². The molecular formula is C18H19F2N3O. The van der Waals surface area contributed by atoms with E-state index in [1.165, 1.54) is 0 Å². The summed E-state index contributed by atoms with van der Waals surface area (Å²) >= 11 is 0. The second-order valence-electron chi connectivity index (χ2n) is 5.63. The van der Waals surface area contributed by atoms with E-state index in [9.17, 15) is 8.78 Å². The SMILES string of the molecule is C[C@H](NCc1nc2ccccc2n1C)c1ccc(OC(F)F)cc1. The molecule has 0 aliphatic heterocycles. The van der Waals surface area contributed by atoms with Crippen molar-refractivity contribution in [2.75, 3.05) is 0 Å². The molecule has 24 heavy (non-hydrogen) atoms. The zero-order chi connectivity index (χ0) is 17.1. The minimum atomic E-state index is -2.80. The molecule has 0 bridgehead atoms. The van der Waals surface area contributed by atoms with Gasteiger partial charge in [0.15, 0.2) is 0 Å². The third-order valence-corrected chi connectivity index (χ3v) is 4.05. The maximum absolute atomic E-state index is 12.2. The predicted octanol–water partition coefficient (Wildman–Crippen LogP) is 4.03. The van der Waals surface area contributed by atoms with E-state index in [2.05, 4.69) is 19.6 Å². The van der Waals surface area contributed by atoms with Gasteiger partial charge in [-0.3, -0.25) is 0 Å². The second-order valence-corrected chi connectivity index (χ2v) is 5.63. The molecule has 1 heterocycles. The largest absolute Gasteiger partial charge is 0.435 e. The van der Waals surface area contributed by atoms with Gasteiger partial charge in [-0.25, -0.2) is 4.98 Å². The standard InChI is InChI=1S/C18H19F2N3O/c1-12(13-7-9-14(10-8-13)24-18(19)20)21-11-17-22-15-5-3-4-6-16(15)23(17)2/h3-10,12,18,21H,11H2,1-2H3/t12-/m0/s1. The fourth-order valence-corrected chi connectivity index (χ4v) is 2.65. The van der Waals surface area contributed by atoms with Crippen LogP contribution in [0.2, 0.25) is 0 Å². The summed E-state index contributed by atoms with van der Waals surface area (Å²) < 4.78 is 30.8. The van der Waals surface area contributed by atoms with E-state index in [1.807, 2.05) is 38.2 Å². The lowest BCUT2D eigenvalue weighted by Crippen LogP contribution is -2.20. The molecule has 0 aliphatic rings. The highest BCUT2D eigenvalue weighted by atomic mass is 19.3. The molecule has 0 saturated carbocycles. The topological polar surface area (TPSA) is 39.1 Å². The molecule has 0 spiro atoms. The van der Waals surface area contributed by atoms with Gasteiger partial charge in [0.2, 0.25) is 0 Å². The smallest absolute Gasteiger partial charge is 0.387 e. The summed E-state index contributed by atoms with van der Waals surface area (Å²) in [7, 11) is 1.99. The van der Waals surface area contributed by atoms with Gasteiger partial charge >= 0.3 is 6.61 Å². The average molecular weight is 331 g/mol. The molecular weight excluding hydrogens is 312 g/mol. The van der Waals surface area contributed by atoms with Crippen LogP contribution in [0.4, 0.5) is 8.78 Å². The molecule has 1 N–H and O–H groups in total. The summed E-state index contributed by atoms with van der Waals surface area (Å²) in [6, 6.07) is 14.7. The fraction of sp³-hybridized carbons (Fsp3) is 0.278. The molecule has 4 nitrogen and oxygen atoms in total. The van der Waals surface area contributed by atoms with E-state index in [0.717, 1.165) is 22.4 Å². The maximum atomic E-state index is 12.2. The first-order valence-electron chi connectivity index (χ1n) is 7.73. The Hall–Kier alpha value is -2.47. The highest BCUT2D eigenvalue weighted by Crippen LogP contribution is 2.20. The Morgan fingerprint density at radius 3 is 2.50 bits per heavy atom. The van der Waals surface area contributed by atoms with E-state index in [-0.39, 0.29) is 11.8 Å². The van der Waals surface area contributed by atoms with Crippen LogP contribution in [-0.2, 0) is 13.6 Å². The number of halogens is 2. The van der Waals surface area contributed by atoms with Gasteiger partial charge in [0.05, 0.1) is 17.6 Å². The van der Waals surface area contributed by atoms with Gasteiger partial charge in [0.25, 0.3) is 0 Å². The lowest BCUT2D eigenvalue weighted by molar-refractivity contribution is -0.0498. The minimum Gasteiger partial charge on any atom is -0.435 e. The first kappa shape index (κ1) is 16.4. The fourth-order valence-electron chi connectivity index (χ4n) is 2.65. The normalized spacial score (nSPS) is 12.7. The Morgan fingerprint density at radius 1 is 1.12 bits per heavy atom. The highest BCUT2D eigenvalue weighted by molar-refractivity contribution is 5.75. The quantitative estimate of drug-likeness (QED) is 0.741. The van der Waals surface area contributed by atoms with Gasteiger partial charge in [-0.15, -0.1) is 0 Å². The van der Waals surface area contributed by atoms with Crippen LogP contribution in [0, 0.1) is 0 Å². The Morgan fingerprint density at radius 2 is 1.83 bits per heavy atom. The first-order chi connectivity index (χ1) is 11.5. The van der Waals surface area contributed by atoms with Crippen LogP contribution in [0.5, 0.6) is 5.75 Å². The molecule has 0 unspecified atom stereocenters. The monoisotopic (exact) mass is 331 g/mol. The highest BCUT2D eigenvalue weighted by Gasteiger charge is 2.10. The molecule has 1 atom stereocenters. The van der Waals surface area contributed by atoms with Crippen molar-refractivity contribution >= 4 is 11.0 Å². The summed E-state index contributed by atoms with van der Waals surface area (Å²) in [6.07, 6.45) is 0. The number of hydrogen-bond acceptors (Lipinski definition) is 3. The number of aryl methyl sites for hydroxylation is 1. The number of imidazole rings is 1. The molecule has 2 aromatic carbocycles. The Balaban J connectivity index is 1.66. The predicted molar refractivity (Wildman–Crippen MR) is 89.0 cm³/mol. The van der Waals surface area contributed by atoms with Crippen LogP contribution in [0.15, 0.2) is 48.5 Å². The van der Waals surface area contributed by atoms with Crippen molar-refractivity contribution in [3.8, 4) is 5.75 Å². The third kappa shape index (κ3) is 3.54. The molecule has 0 saturated heterocycles. The lowest BCUT2D eigenvalue weighted by atomic mass is 10.1. The number of para-hydroxylation sites is 2. The third-order valence-electron chi connectivity index (χ3n) is 4.05. The van der Waals surface area contributed by atoms with Crippen molar-refractivity contribution in [1.29, 1.82) is 0 Å². The number of aromatic nitrogens is 2. The molecule has 0 aliphatic carbocycles. The first-order valence-corrected chi connectivity index (χ1v) is 7.73. The number of alkyl halides is 2.